The van der Waals surface area contributed by atoms with Gasteiger partial charge in [-0.15, -0.1) is 0 Å². The number of amides is 1. The summed E-state index contributed by atoms with van der Waals surface area (Å²) in [5, 5.41) is 3.06. The Balaban J connectivity index is 1.95. The average molecular weight is 306 g/mol. The summed E-state index contributed by atoms with van der Waals surface area (Å²) >= 11 is 5.07. The van der Waals surface area contributed by atoms with Gasteiger partial charge in [-0.2, -0.15) is 0 Å². The Bertz CT molecular complexity index is 492. The lowest BCUT2D eigenvalue weighted by Crippen LogP contribution is -2.43. The minimum atomic E-state index is -0.455. The van der Waals surface area contributed by atoms with Crippen LogP contribution in [0.4, 0.5) is 0 Å². The molecule has 1 aliphatic rings. The van der Waals surface area contributed by atoms with Crippen LogP contribution >= 0.6 is 12.2 Å². The van der Waals surface area contributed by atoms with Gasteiger partial charge in [-0.3, -0.25) is 4.79 Å². The molecule has 2 rings (SSSR count). The van der Waals surface area contributed by atoms with Crippen molar-refractivity contribution in [2.75, 3.05) is 7.11 Å². The Morgan fingerprint density at radius 2 is 2.14 bits per heavy atom. The first kappa shape index (κ1) is 15.9. The third-order valence-corrected chi connectivity index (χ3v) is 4.29. The molecule has 4 nitrogen and oxygen atoms in total. The average Bonchev–Trinajstić information content (AvgIpc) is 2.93. The number of rotatable bonds is 6. The van der Waals surface area contributed by atoms with E-state index in [0.29, 0.717) is 6.42 Å². The second-order valence-corrected chi connectivity index (χ2v) is 5.99. The molecule has 0 aliphatic heterocycles. The van der Waals surface area contributed by atoms with E-state index in [4.69, 9.17) is 22.7 Å². The third-order valence-electron chi connectivity index (χ3n) is 4.01. The van der Waals surface area contributed by atoms with Crippen LogP contribution < -0.4 is 11.1 Å². The number of benzene rings is 1. The van der Waals surface area contributed by atoms with E-state index < -0.39 is 5.92 Å². The van der Waals surface area contributed by atoms with Gasteiger partial charge in [0.1, 0.15) is 0 Å². The van der Waals surface area contributed by atoms with Crippen LogP contribution in [0.15, 0.2) is 30.3 Å². The molecule has 0 saturated heterocycles. The van der Waals surface area contributed by atoms with E-state index >= 15 is 0 Å². The normalized spacial score (nSPS) is 22.7. The third kappa shape index (κ3) is 4.51. The van der Waals surface area contributed by atoms with Crippen molar-refractivity contribution in [3.05, 3.63) is 35.9 Å². The van der Waals surface area contributed by atoms with Crippen LogP contribution in [0, 0.1) is 5.92 Å². The van der Waals surface area contributed by atoms with Gasteiger partial charge in [0.25, 0.3) is 0 Å². The Morgan fingerprint density at radius 1 is 1.43 bits per heavy atom. The van der Waals surface area contributed by atoms with Gasteiger partial charge in [0.2, 0.25) is 5.91 Å². The van der Waals surface area contributed by atoms with Crippen LogP contribution in [0.5, 0.6) is 0 Å². The summed E-state index contributed by atoms with van der Waals surface area (Å²) < 4.78 is 5.32. The van der Waals surface area contributed by atoms with Crippen molar-refractivity contribution in [1.82, 2.24) is 5.32 Å². The highest BCUT2D eigenvalue weighted by atomic mass is 32.1. The summed E-state index contributed by atoms with van der Waals surface area (Å²) in [7, 11) is 1.71. The first-order valence-electron chi connectivity index (χ1n) is 7.26. The number of hydrogen-bond donors (Lipinski definition) is 2. The van der Waals surface area contributed by atoms with Gasteiger partial charge in [0.05, 0.1) is 17.0 Å². The molecule has 1 aromatic rings. The summed E-state index contributed by atoms with van der Waals surface area (Å²) in [4.78, 5) is 12.7. The second-order valence-electron chi connectivity index (χ2n) is 5.52. The maximum absolute atomic E-state index is 12.4. The molecule has 3 atom stereocenters. The lowest BCUT2D eigenvalue weighted by Gasteiger charge is -2.19. The van der Waals surface area contributed by atoms with Crippen molar-refractivity contribution in [3.8, 4) is 0 Å². The highest BCUT2D eigenvalue weighted by Crippen LogP contribution is 2.22. The molecule has 1 aromatic carbocycles. The van der Waals surface area contributed by atoms with E-state index in [2.05, 4.69) is 5.32 Å². The van der Waals surface area contributed by atoms with Crippen LogP contribution in [0.25, 0.3) is 0 Å². The molecular weight excluding hydrogens is 284 g/mol. The van der Waals surface area contributed by atoms with Gasteiger partial charge in [0.15, 0.2) is 0 Å². The van der Waals surface area contributed by atoms with E-state index in [1.807, 2.05) is 30.3 Å². The summed E-state index contributed by atoms with van der Waals surface area (Å²) in [6.45, 7) is 0. The van der Waals surface area contributed by atoms with E-state index in [1.54, 1.807) is 7.11 Å². The monoisotopic (exact) mass is 306 g/mol. The molecule has 1 fully saturated rings. The molecule has 1 saturated carbocycles. The zero-order valence-electron chi connectivity index (χ0n) is 12.2. The summed E-state index contributed by atoms with van der Waals surface area (Å²) in [6.07, 6.45) is 3.57. The summed E-state index contributed by atoms with van der Waals surface area (Å²) in [5.74, 6) is -0.530. The van der Waals surface area contributed by atoms with Crippen molar-refractivity contribution < 1.29 is 9.53 Å². The molecule has 0 spiro atoms. The lowest BCUT2D eigenvalue weighted by atomic mass is 9.98. The van der Waals surface area contributed by atoms with Crippen LogP contribution in [-0.2, 0) is 16.0 Å². The Morgan fingerprint density at radius 3 is 2.71 bits per heavy atom. The van der Waals surface area contributed by atoms with Crippen LogP contribution in [0.3, 0.4) is 0 Å². The Hall–Kier alpha value is -1.46. The summed E-state index contributed by atoms with van der Waals surface area (Å²) in [5.41, 5.74) is 6.82. The van der Waals surface area contributed by atoms with E-state index in [-0.39, 0.29) is 23.0 Å². The smallest absolute Gasteiger partial charge is 0.230 e. The number of methoxy groups -OCH3 is 1. The first-order valence-corrected chi connectivity index (χ1v) is 7.67. The minimum absolute atomic E-state index is 0.0758. The fourth-order valence-corrected chi connectivity index (χ4v) is 2.95. The largest absolute Gasteiger partial charge is 0.393 e. The maximum Gasteiger partial charge on any atom is 0.230 e. The molecule has 0 radical (unpaired) electrons. The molecule has 5 heteroatoms. The SMILES string of the molecule is COC1CCC(NC(=O)C(Cc2ccccc2)C(N)=S)C1. The molecule has 0 bridgehead atoms. The van der Waals surface area contributed by atoms with Crippen molar-refractivity contribution >= 4 is 23.1 Å². The number of ether oxygens (including phenoxy) is 1. The van der Waals surface area contributed by atoms with Crippen LogP contribution in [0.1, 0.15) is 24.8 Å². The van der Waals surface area contributed by atoms with Gasteiger partial charge >= 0.3 is 0 Å². The van der Waals surface area contributed by atoms with Gasteiger partial charge in [-0.1, -0.05) is 42.5 Å². The van der Waals surface area contributed by atoms with Gasteiger partial charge < -0.3 is 15.8 Å². The predicted molar refractivity (Wildman–Crippen MR) is 87.0 cm³/mol. The quantitative estimate of drug-likeness (QED) is 0.787. The lowest BCUT2D eigenvalue weighted by molar-refractivity contribution is -0.123. The zero-order valence-corrected chi connectivity index (χ0v) is 13.1. The Kier molecular flexibility index (Phi) is 5.70. The highest BCUT2D eigenvalue weighted by Gasteiger charge is 2.29. The molecule has 3 N–H and O–H groups in total. The fraction of sp³-hybridized carbons (Fsp3) is 0.500. The molecule has 1 amide bonds. The van der Waals surface area contributed by atoms with Crippen LogP contribution in [0.2, 0.25) is 0 Å². The van der Waals surface area contributed by atoms with Gasteiger partial charge in [0, 0.05) is 13.2 Å². The zero-order chi connectivity index (χ0) is 15.2. The number of nitrogens with one attached hydrogen (secondary N) is 1. The summed E-state index contributed by atoms with van der Waals surface area (Å²) in [6, 6.07) is 9.97. The highest BCUT2D eigenvalue weighted by molar-refractivity contribution is 7.80. The number of nitrogens with two attached hydrogens (primary N) is 1. The number of hydrogen-bond acceptors (Lipinski definition) is 3. The molecule has 1 aliphatic carbocycles. The van der Waals surface area contributed by atoms with E-state index in [1.165, 1.54) is 0 Å². The Labute approximate surface area is 131 Å². The van der Waals surface area contributed by atoms with Crippen molar-refractivity contribution in [2.24, 2.45) is 11.7 Å². The number of carbonyl (C=O) groups excluding carboxylic acids is 1. The predicted octanol–water partition coefficient (Wildman–Crippen LogP) is 1.82. The fourth-order valence-electron chi connectivity index (χ4n) is 2.76. The molecule has 0 heterocycles. The molecule has 0 aromatic heterocycles. The van der Waals surface area contributed by atoms with Crippen molar-refractivity contribution in [3.63, 3.8) is 0 Å². The standard InChI is InChI=1S/C16H22N2O2S/c1-20-13-8-7-12(10-13)18-16(19)14(15(17)21)9-11-5-3-2-4-6-11/h2-6,12-14H,7-10H2,1H3,(H2,17,21)(H,18,19). The number of carbonyl (C=O) groups is 1. The first-order chi connectivity index (χ1) is 10.1. The van der Waals surface area contributed by atoms with Gasteiger partial charge in [-0.05, 0) is 31.2 Å². The van der Waals surface area contributed by atoms with Gasteiger partial charge in [-0.25, -0.2) is 0 Å². The van der Waals surface area contributed by atoms with Crippen molar-refractivity contribution in [2.45, 2.75) is 37.8 Å². The molecule has 21 heavy (non-hydrogen) atoms. The number of thiocarbonyl (C=S) groups is 1. The second kappa shape index (κ2) is 7.52. The van der Waals surface area contributed by atoms with Crippen molar-refractivity contribution in [1.29, 1.82) is 0 Å². The minimum Gasteiger partial charge on any atom is -0.393 e. The van der Waals surface area contributed by atoms with E-state index in [9.17, 15) is 4.79 Å². The molecular formula is C16H22N2O2S. The maximum atomic E-state index is 12.4. The van der Waals surface area contributed by atoms with E-state index in [0.717, 1.165) is 24.8 Å². The molecule has 3 unspecified atom stereocenters. The topological polar surface area (TPSA) is 64.3 Å². The van der Waals surface area contributed by atoms with Crippen LogP contribution in [-0.4, -0.2) is 30.2 Å². The molecule has 114 valence electrons.